The average molecular weight is 204 g/mol. The Hall–Kier alpha value is -0.763. The average Bonchev–Trinajstić information content (AvgIpc) is 2.70. The Balaban J connectivity index is 2.30. The van der Waals surface area contributed by atoms with Crippen LogP contribution in [0.25, 0.3) is 0 Å². The number of hydrogen-bond donors (Lipinski definition) is 0. The summed E-state index contributed by atoms with van der Waals surface area (Å²) < 4.78 is 0. The van der Waals surface area contributed by atoms with E-state index in [9.17, 15) is 0 Å². The van der Waals surface area contributed by atoms with Crippen LogP contribution in [0.3, 0.4) is 0 Å². The van der Waals surface area contributed by atoms with Crippen LogP contribution >= 0.6 is 0 Å². The van der Waals surface area contributed by atoms with Crippen LogP contribution in [0.5, 0.6) is 0 Å². The van der Waals surface area contributed by atoms with E-state index in [1.807, 2.05) is 0 Å². The molecule has 0 spiro atoms. The maximum Gasteiger partial charge on any atom is 0.0819 e. The molecule has 1 radical (unpaired) electrons. The minimum atomic E-state index is -0.320. The number of para-hydroxylation sites is 1. The zero-order valence-corrected chi connectivity index (χ0v) is 10.1. The zero-order valence-electron chi connectivity index (χ0n) is 9.09. The third kappa shape index (κ3) is 1.85. The molecule has 0 aliphatic carbocycles. The van der Waals surface area contributed by atoms with Crippen molar-refractivity contribution in [1.29, 1.82) is 0 Å². The van der Waals surface area contributed by atoms with Gasteiger partial charge in [-0.2, -0.15) is 0 Å². The van der Waals surface area contributed by atoms with Crippen LogP contribution in [0.1, 0.15) is 12.8 Å². The number of nitrogens with zero attached hydrogens (tertiary/aromatic N) is 1. The van der Waals surface area contributed by atoms with Crippen LogP contribution in [-0.4, -0.2) is 21.9 Å². The maximum atomic E-state index is 2.55. The Bertz CT molecular complexity index is 303. The summed E-state index contributed by atoms with van der Waals surface area (Å²) in [4.78, 5) is 2.55. The quantitative estimate of drug-likeness (QED) is 0.668. The summed E-state index contributed by atoms with van der Waals surface area (Å²) in [5.41, 5.74) is 1.50. The summed E-state index contributed by atoms with van der Waals surface area (Å²) in [6.07, 6.45) is 2.73. The number of rotatable bonds is 2. The Morgan fingerprint density at radius 2 is 1.71 bits per heavy atom. The minimum Gasteiger partial charge on any atom is -0.372 e. The highest BCUT2D eigenvalue weighted by molar-refractivity contribution is 6.72. The van der Waals surface area contributed by atoms with E-state index in [1.54, 1.807) is 5.19 Å². The molecule has 75 valence electrons. The first kappa shape index (κ1) is 9.78. The Morgan fingerprint density at radius 1 is 1.07 bits per heavy atom. The van der Waals surface area contributed by atoms with Gasteiger partial charge in [-0.3, -0.25) is 0 Å². The van der Waals surface area contributed by atoms with Crippen molar-refractivity contribution >= 4 is 19.7 Å². The van der Waals surface area contributed by atoms with E-state index in [4.69, 9.17) is 0 Å². The molecular formula is C12H18NSi. The fourth-order valence-electron chi connectivity index (χ4n) is 2.13. The predicted molar refractivity (Wildman–Crippen MR) is 65.0 cm³/mol. The van der Waals surface area contributed by atoms with Gasteiger partial charge in [-0.15, -0.1) is 0 Å². The molecule has 0 amide bonds. The van der Waals surface area contributed by atoms with Gasteiger partial charge in [0.05, 0.1) is 8.80 Å². The van der Waals surface area contributed by atoms with Crippen molar-refractivity contribution < 1.29 is 0 Å². The van der Waals surface area contributed by atoms with E-state index in [0.29, 0.717) is 0 Å². The Kier molecular flexibility index (Phi) is 2.92. The highest BCUT2D eigenvalue weighted by atomic mass is 28.3. The lowest BCUT2D eigenvalue weighted by Gasteiger charge is -2.22. The lowest BCUT2D eigenvalue weighted by molar-refractivity contribution is 0.949. The van der Waals surface area contributed by atoms with Gasteiger partial charge in [0.1, 0.15) is 0 Å². The first-order valence-corrected chi connectivity index (χ1v) is 7.93. The second kappa shape index (κ2) is 4.18. The molecule has 0 unspecified atom stereocenters. The standard InChI is InChI=1S/C12H18NSi/c1-14(2)12-8-4-3-7-11(12)13-9-5-6-10-13/h3-4,7-8H,5-6,9-10H2,1-2H3. The molecule has 14 heavy (non-hydrogen) atoms. The third-order valence-electron chi connectivity index (χ3n) is 2.89. The van der Waals surface area contributed by atoms with Gasteiger partial charge in [0.15, 0.2) is 0 Å². The molecule has 0 atom stereocenters. The molecule has 1 aromatic carbocycles. The molecule has 1 fully saturated rings. The van der Waals surface area contributed by atoms with Crippen LogP contribution in [0.15, 0.2) is 24.3 Å². The second-order valence-corrected chi connectivity index (χ2v) is 6.75. The zero-order chi connectivity index (χ0) is 9.97. The molecular weight excluding hydrogens is 186 g/mol. The number of hydrogen-bond acceptors (Lipinski definition) is 1. The van der Waals surface area contributed by atoms with Crippen molar-refractivity contribution in [3.05, 3.63) is 24.3 Å². The summed E-state index contributed by atoms with van der Waals surface area (Å²) in [7, 11) is -0.320. The van der Waals surface area contributed by atoms with E-state index in [1.165, 1.54) is 31.6 Å². The summed E-state index contributed by atoms with van der Waals surface area (Å²) >= 11 is 0. The van der Waals surface area contributed by atoms with Gasteiger partial charge in [-0.25, -0.2) is 0 Å². The summed E-state index contributed by atoms with van der Waals surface area (Å²) in [5.74, 6) is 0. The summed E-state index contributed by atoms with van der Waals surface area (Å²) in [5, 5.41) is 1.60. The molecule has 2 rings (SSSR count). The number of anilines is 1. The van der Waals surface area contributed by atoms with Crippen molar-refractivity contribution in [2.24, 2.45) is 0 Å². The van der Waals surface area contributed by atoms with Crippen LogP contribution < -0.4 is 10.1 Å². The molecule has 1 nitrogen and oxygen atoms in total. The molecule has 2 heteroatoms. The number of benzene rings is 1. The lowest BCUT2D eigenvalue weighted by atomic mass is 10.3. The fraction of sp³-hybridized carbons (Fsp3) is 0.500. The van der Waals surface area contributed by atoms with E-state index in [0.717, 1.165) is 0 Å². The van der Waals surface area contributed by atoms with Gasteiger partial charge < -0.3 is 4.90 Å². The highest BCUT2D eigenvalue weighted by Gasteiger charge is 2.16. The lowest BCUT2D eigenvalue weighted by Crippen LogP contribution is -2.31. The molecule has 0 bridgehead atoms. The fourth-order valence-corrected chi connectivity index (χ4v) is 3.31. The molecule has 1 saturated heterocycles. The predicted octanol–water partition coefficient (Wildman–Crippen LogP) is 2.25. The molecule has 0 aromatic heterocycles. The van der Waals surface area contributed by atoms with Crippen LogP contribution in [0, 0.1) is 0 Å². The molecule has 0 saturated carbocycles. The van der Waals surface area contributed by atoms with Crippen LogP contribution in [-0.2, 0) is 0 Å². The Morgan fingerprint density at radius 3 is 2.36 bits per heavy atom. The molecule has 1 heterocycles. The molecule has 1 aromatic rings. The van der Waals surface area contributed by atoms with Crippen molar-refractivity contribution in [2.45, 2.75) is 25.9 Å². The van der Waals surface area contributed by atoms with E-state index < -0.39 is 0 Å². The van der Waals surface area contributed by atoms with E-state index in [-0.39, 0.29) is 8.80 Å². The van der Waals surface area contributed by atoms with Crippen molar-refractivity contribution in [1.82, 2.24) is 0 Å². The van der Waals surface area contributed by atoms with E-state index >= 15 is 0 Å². The van der Waals surface area contributed by atoms with Crippen LogP contribution in [0.4, 0.5) is 5.69 Å². The largest absolute Gasteiger partial charge is 0.372 e. The van der Waals surface area contributed by atoms with Crippen molar-refractivity contribution in [2.75, 3.05) is 18.0 Å². The Labute approximate surface area is 88.4 Å². The van der Waals surface area contributed by atoms with Crippen molar-refractivity contribution in [3.63, 3.8) is 0 Å². The molecule has 1 aliphatic heterocycles. The normalized spacial score (nSPS) is 16.6. The van der Waals surface area contributed by atoms with Gasteiger partial charge in [-0.05, 0) is 24.1 Å². The smallest absolute Gasteiger partial charge is 0.0819 e. The van der Waals surface area contributed by atoms with Gasteiger partial charge in [0.25, 0.3) is 0 Å². The first-order valence-electron chi connectivity index (χ1n) is 5.43. The van der Waals surface area contributed by atoms with Gasteiger partial charge in [0, 0.05) is 18.8 Å². The highest BCUT2D eigenvalue weighted by Crippen LogP contribution is 2.18. The second-order valence-electron chi connectivity index (χ2n) is 4.21. The van der Waals surface area contributed by atoms with Crippen LogP contribution in [0.2, 0.25) is 13.1 Å². The molecule has 1 aliphatic rings. The van der Waals surface area contributed by atoms with Gasteiger partial charge in [-0.1, -0.05) is 31.3 Å². The van der Waals surface area contributed by atoms with Crippen molar-refractivity contribution in [3.8, 4) is 0 Å². The first-order chi connectivity index (χ1) is 6.79. The topological polar surface area (TPSA) is 3.24 Å². The maximum absolute atomic E-state index is 2.55. The van der Waals surface area contributed by atoms with Gasteiger partial charge >= 0.3 is 0 Å². The van der Waals surface area contributed by atoms with E-state index in [2.05, 4.69) is 42.3 Å². The summed E-state index contributed by atoms with van der Waals surface area (Å²) in [6.45, 7) is 7.26. The van der Waals surface area contributed by atoms with Gasteiger partial charge in [0.2, 0.25) is 0 Å². The minimum absolute atomic E-state index is 0.320. The SMILES string of the molecule is C[Si](C)c1ccccc1N1CCCC1. The summed E-state index contributed by atoms with van der Waals surface area (Å²) in [6, 6.07) is 8.94. The third-order valence-corrected chi connectivity index (χ3v) is 4.39. The monoisotopic (exact) mass is 204 g/mol. The molecule has 0 N–H and O–H groups in total.